The Balaban J connectivity index is 1.62. The molecule has 3 rings (SSSR count). The molecule has 10 nitrogen and oxygen atoms in total. The molecule has 0 aliphatic carbocycles. The minimum absolute atomic E-state index is 0.000201. The number of hydrogen-bond acceptors (Lipinski definition) is 9. The maximum atomic E-state index is 13.5. The van der Waals surface area contributed by atoms with E-state index in [1.165, 1.54) is 11.1 Å². The lowest BCUT2D eigenvalue weighted by Crippen LogP contribution is -2.48. The SMILES string of the molecule is C=C1C=CN([C@@H]2S[C@H](CO[P@](=O)(NCc3ccccc3)OCCSC(=O)C(C)(C)C)[C@@H](O)[C@H]2O)C(=O)N1. The van der Waals surface area contributed by atoms with Crippen LogP contribution in [0.15, 0.2) is 54.9 Å². The molecule has 5 atom stereocenters. The van der Waals surface area contributed by atoms with E-state index >= 15 is 0 Å². The van der Waals surface area contributed by atoms with Crippen molar-refractivity contribution >= 4 is 42.4 Å². The number of nitrogens with one attached hydrogen (secondary N) is 2. The third kappa shape index (κ3) is 8.43. The minimum Gasteiger partial charge on any atom is -0.389 e. The fraction of sp³-hybridized carbons (Fsp3) is 0.500. The van der Waals surface area contributed by atoms with Gasteiger partial charge in [0, 0.05) is 29.6 Å². The predicted molar refractivity (Wildman–Crippen MR) is 146 cm³/mol. The van der Waals surface area contributed by atoms with Gasteiger partial charge in [-0.2, -0.15) is 0 Å². The van der Waals surface area contributed by atoms with Gasteiger partial charge in [-0.25, -0.2) is 14.4 Å². The van der Waals surface area contributed by atoms with Crippen LogP contribution < -0.4 is 10.4 Å². The maximum Gasteiger partial charge on any atom is 0.405 e. The van der Waals surface area contributed by atoms with E-state index in [9.17, 15) is 24.4 Å². The maximum absolute atomic E-state index is 13.5. The average molecular weight is 572 g/mol. The summed E-state index contributed by atoms with van der Waals surface area (Å²) in [5, 5.41) is 25.1. The molecule has 0 bridgehead atoms. The third-order valence-corrected chi connectivity index (χ3v) is 9.82. The Bertz CT molecular complexity index is 1050. The quantitative estimate of drug-likeness (QED) is 0.231. The van der Waals surface area contributed by atoms with Crippen molar-refractivity contribution in [3.05, 3.63) is 60.4 Å². The van der Waals surface area contributed by atoms with Crippen LogP contribution in [-0.2, 0) is 25.0 Å². The van der Waals surface area contributed by atoms with Crippen LogP contribution in [0.1, 0.15) is 26.3 Å². The standard InChI is InChI=1S/C24H34N3O7PS2/c1-16-10-11-27(23(31)26-16)21-20(29)19(28)18(37-21)15-34-35(32,25-14-17-8-6-5-7-9-17)33-12-13-36-22(30)24(2,3)4/h5-11,18-21,28-29H,1,12-15H2,2-4H3,(H,25,32)(H,26,31)/t18-,19-,20-,21-,35+/m1/s1. The summed E-state index contributed by atoms with van der Waals surface area (Å²) < 4.78 is 24.8. The van der Waals surface area contributed by atoms with E-state index in [1.807, 2.05) is 51.1 Å². The number of amides is 2. The molecule has 1 saturated heterocycles. The van der Waals surface area contributed by atoms with Gasteiger partial charge in [-0.15, -0.1) is 11.8 Å². The molecule has 204 valence electrons. The Hall–Kier alpha value is -1.63. The van der Waals surface area contributed by atoms with Gasteiger partial charge in [-0.05, 0) is 11.6 Å². The Morgan fingerprint density at radius 3 is 2.59 bits per heavy atom. The molecule has 13 heteroatoms. The van der Waals surface area contributed by atoms with Crippen LogP contribution in [0.2, 0.25) is 0 Å². The van der Waals surface area contributed by atoms with Crippen LogP contribution >= 0.6 is 31.3 Å². The van der Waals surface area contributed by atoms with Crippen molar-refractivity contribution in [2.75, 3.05) is 19.0 Å². The zero-order chi connectivity index (χ0) is 27.2. The summed E-state index contributed by atoms with van der Waals surface area (Å²) in [6.45, 7) is 9.14. The number of rotatable bonds is 11. The first-order valence-electron chi connectivity index (χ1n) is 11.7. The topological polar surface area (TPSA) is 137 Å². The van der Waals surface area contributed by atoms with Crippen molar-refractivity contribution in [1.82, 2.24) is 15.3 Å². The molecule has 4 N–H and O–H groups in total. The van der Waals surface area contributed by atoms with Crippen LogP contribution in [0.4, 0.5) is 4.79 Å². The van der Waals surface area contributed by atoms with Crippen molar-refractivity contribution in [1.29, 1.82) is 0 Å². The van der Waals surface area contributed by atoms with E-state index in [0.29, 0.717) is 11.4 Å². The molecule has 2 heterocycles. The Labute approximate surface area is 225 Å². The summed E-state index contributed by atoms with van der Waals surface area (Å²) in [5.41, 5.74) is 0.781. The molecule has 0 spiro atoms. The normalized spacial score (nSPS) is 25.7. The van der Waals surface area contributed by atoms with Gasteiger partial charge in [0.25, 0.3) is 0 Å². The average Bonchev–Trinajstić information content (AvgIpc) is 3.13. The van der Waals surface area contributed by atoms with Gasteiger partial charge >= 0.3 is 13.8 Å². The van der Waals surface area contributed by atoms with Gasteiger partial charge in [-0.1, -0.05) is 69.4 Å². The number of urea groups is 1. The van der Waals surface area contributed by atoms with Crippen molar-refractivity contribution in [3.63, 3.8) is 0 Å². The number of aliphatic hydroxyl groups excluding tert-OH is 2. The second kappa shape index (κ2) is 12.9. The van der Waals surface area contributed by atoms with Crippen molar-refractivity contribution in [2.45, 2.75) is 50.1 Å². The number of aliphatic hydroxyl groups is 2. The summed E-state index contributed by atoms with van der Waals surface area (Å²) in [7, 11) is -3.86. The van der Waals surface area contributed by atoms with Crippen LogP contribution in [-0.4, -0.2) is 68.1 Å². The Kier molecular flexibility index (Phi) is 10.5. The molecule has 37 heavy (non-hydrogen) atoms. The first kappa shape index (κ1) is 29.9. The molecule has 1 fully saturated rings. The van der Waals surface area contributed by atoms with Crippen molar-refractivity contribution < 1.29 is 33.4 Å². The molecular weight excluding hydrogens is 537 g/mol. The number of carbonyl (C=O) groups is 2. The van der Waals surface area contributed by atoms with E-state index in [0.717, 1.165) is 29.1 Å². The zero-order valence-electron chi connectivity index (χ0n) is 21.0. The summed E-state index contributed by atoms with van der Waals surface area (Å²) in [4.78, 5) is 25.8. The van der Waals surface area contributed by atoms with Crippen LogP contribution in [0.25, 0.3) is 0 Å². The molecule has 2 aliphatic rings. The van der Waals surface area contributed by atoms with E-state index in [2.05, 4.69) is 17.0 Å². The van der Waals surface area contributed by atoms with Crippen molar-refractivity contribution in [2.24, 2.45) is 5.41 Å². The summed E-state index contributed by atoms with van der Waals surface area (Å²) in [6.07, 6.45) is 0.592. The Morgan fingerprint density at radius 1 is 1.24 bits per heavy atom. The second-order valence-electron chi connectivity index (χ2n) is 9.56. The van der Waals surface area contributed by atoms with Gasteiger partial charge < -0.3 is 15.5 Å². The summed E-state index contributed by atoms with van der Waals surface area (Å²) >= 11 is 2.23. The molecule has 0 saturated carbocycles. The lowest BCUT2D eigenvalue weighted by molar-refractivity contribution is -0.117. The van der Waals surface area contributed by atoms with Gasteiger partial charge in [0.15, 0.2) is 5.12 Å². The van der Waals surface area contributed by atoms with Gasteiger partial charge in [-0.3, -0.25) is 18.7 Å². The van der Waals surface area contributed by atoms with Crippen LogP contribution in [0.5, 0.6) is 0 Å². The number of thioether (sulfide) groups is 2. The fourth-order valence-corrected chi connectivity index (χ4v) is 7.15. The van der Waals surface area contributed by atoms with E-state index in [1.54, 1.807) is 6.08 Å². The number of nitrogens with zero attached hydrogens (tertiary/aromatic N) is 1. The number of carbonyl (C=O) groups excluding carboxylic acids is 2. The molecular formula is C24H34N3O7PS2. The molecule has 1 aromatic carbocycles. The van der Waals surface area contributed by atoms with Crippen molar-refractivity contribution in [3.8, 4) is 0 Å². The minimum atomic E-state index is -3.86. The first-order valence-corrected chi connectivity index (χ1v) is 15.2. The highest BCUT2D eigenvalue weighted by atomic mass is 32.2. The smallest absolute Gasteiger partial charge is 0.389 e. The van der Waals surface area contributed by atoms with Crippen LogP contribution in [0.3, 0.4) is 0 Å². The fourth-order valence-electron chi connectivity index (χ4n) is 3.37. The number of hydrogen-bond donors (Lipinski definition) is 4. The van der Waals surface area contributed by atoms with E-state index in [-0.39, 0.29) is 24.9 Å². The summed E-state index contributed by atoms with van der Waals surface area (Å²) in [6, 6.07) is 8.82. The van der Waals surface area contributed by atoms with E-state index < -0.39 is 42.0 Å². The highest BCUT2D eigenvalue weighted by Gasteiger charge is 2.47. The largest absolute Gasteiger partial charge is 0.405 e. The number of benzene rings is 1. The highest BCUT2D eigenvalue weighted by molar-refractivity contribution is 8.13. The predicted octanol–water partition coefficient (Wildman–Crippen LogP) is 3.44. The molecule has 1 aromatic rings. The molecule has 0 radical (unpaired) electrons. The van der Waals surface area contributed by atoms with Gasteiger partial charge in [0.1, 0.15) is 11.5 Å². The molecule has 0 aromatic heterocycles. The highest BCUT2D eigenvalue weighted by Crippen LogP contribution is 2.47. The zero-order valence-corrected chi connectivity index (χ0v) is 23.6. The molecule has 2 amide bonds. The summed E-state index contributed by atoms with van der Waals surface area (Å²) in [5.74, 6) is 0.291. The van der Waals surface area contributed by atoms with Crippen LogP contribution in [0, 0.1) is 5.41 Å². The van der Waals surface area contributed by atoms with Gasteiger partial charge in [0.2, 0.25) is 0 Å². The molecule has 2 aliphatic heterocycles. The number of allylic oxidation sites excluding steroid dienone is 1. The first-order chi connectivity index (χ1) is 17.4. The second-order valence-corrected chi connectivity index (χ2v) is 13.8. The van der Waals surface area contributed by atoms with Gasteiger partial charge in [0.05, 0.1) is 24.6 Å². The Morgan fingerprint density at radius 2 is 1.95 bits per heavy atom. The van der Waals surface area contributed by atoms with E-state index in [4.69, 9.17) is 9.05 Å². The molecule has 0 unspecified atom stereocenters. The lowest BCUT2D eigenvalue weighted by Gasteiger charge is -2.30. The third-order valence-electron chi connectivity index (χ3n) is 5.47. The lowest BCUT2D eigenvalue weighted by atomic mass is 10.00. The monoisotopic (exact) mass is 571 g/mol.